The molecule has 2 aromatic rings. The van der Waals surface area contributed by atoms with Crippen LogP contribution in [0.25, 0.3) is 0 Å². The quantitative estimate of drug-likeness (QED) is 0.851. The van der Waals surface area contributed by atoms with E-state index < -0.39 is 0 Å². The number of hydrogen-bond acceptors (Lipinski definition) is 2. The summed E-state index contributed by atoms with van der Waals surface area (Å²) in [6, 6.07) is 6.45. The molecule has 0 spiro atoms. The van der Waals surface area contributed by atoms with Crippen molar-refractivity contribution in [2.45, 2.75) is 26.8 Å². The van der Waals surface area contributed by atoms with E-state index in [9.17, 15) is 0 Å². The molecule has 1 aromatic heterocycles. The molecule has 18 heavy (non-hydrogen) atoms. The zero-order chi connectivity index (χ0) is 13.1. The van der Waals surface area contributed by atoms with Crippen molar-refractivity contribution in [1.82, 2.24) is 9.78 Å². The summed E-state index contributed by atoms with van der Waals surface area (Å²) >= 11 is 2.37. The number of anilines is 1. The molecule has 0 fully saturated rings. The van der Waals surface area contributed by atoms with Gasteiger partial charge in [0.2, 0.25) is 0 Å². The van der Waals surface area contributed by atoms with Gasteiger partial charge in [-0.3, -0.25) is 4.68 Å². The number of aromatic nitrogens is 2. The molecule has 0 aliphatic carbocycles. The highest BCUT2D eigenvalue weighted by Crippen LogP contribution is 2.18. The van der Waals surface area contributed by atoms with Gasteiger partial charge in [-0.1, -0.05) is 13.0 Å². The summed E-state index contributed by atoms with van der Waals surface area (Å²) < 4.78 is 3.17. The molecule has 1 N–H and O–H groups in total. The van der Waals surface area contributed by atoms with Crippen LogP contribution in [-0.4, -0.2) is 9.78 Å². The molecule has 0 saturated heterocycles. The summed E-state index contributed by atoms with van der Waals surface area (Å²) in [7, 11) is 1.97. The van der Waals surface area contributed by atoms with Crippen LogP contribution in [0.15, 0.2) is 24.4 Å². The van der Waals surface area contributed by atoms with Gasteiger partial charge in [-0.25, -0.2) is 0 Å². The van der Waals surface area contributed by atoms with E-state index in [1.807, 2.05) is 11.7 Å². The van der Waals surface area contributed by atoms with Crippen molar-refractivity contribution in [2.24, 2.45) is 7.05 Å². The van der Waals surface area contributed by atoms with Gasteiger partial charge < -0.3 is 5.32 Å². The van der Waals surface area contributed by atoms with Gasteiger partial charge in [0, 0.05) is 34.6 Å². The van der Waals surface area contributed by atoms with E-state index in [-0.39, 0.29) is 0 Å². The van der Waals surface area contributed by atoms with E-state index in [0.29, 0.717) is 0 Å². The lowest BCUT2D eigenvalue weighted by Crippen LogP contribution is -2.01. The first-order valence-corrected chi connectivity index (χ1v) is 7.19. The lowest BCUT2D eigenvalue weighted by atomic mass is 10.2. The third kappa shape index (κ3) is 3.04. The minimum atomic E-state index is 0.830. The first-order valence-electron chi connectivity index (χ1n) is 6.11. The molecular formula is C14H18IN3. The summed E-state index contributed by atoms with van der Waals surface area (Å²) in [5.74, 6) is 0. The molecule has 96 valence electrons. The molecule has 3 nitrogen and oxygen atoms in total. The van der Waals surface area contributed by atoms with Gasteiger partial charge in [-0.15, -0.1) is 0 Å². The fourth-order valence-corrected chi connectivity index (χ4v) is 2.44. The van der Waals surface area contributed by atoms with Crippen LogP contribution in [0.3, 0.4) is 0 Å². The summed E-state index contributed by atoms with van der Waals surface area (Å²) in [4.78, 5) is 0. The molecule has 0 bridgehead atoms. The summed E-state index contributed by atoms with van der Waals surface area (Å²) in [5.41, 5.74) is 4.93. The molecule has 0 aliphatic heterocycles. The first kappa shape index (κ1) is 13.4. The van der Waals surface area contributed by atoms with Gasteiger partial charge in [-0.2, -0.15) is 5.10 Å². The Morgan fingerprint density at radius 3 is 2.83 bits per heavy atom. The van der Waals surface area contributed by atoms with Crippen LogP contribution in [0.4, 0.5) is 5.69 Å². The summed E-state index contributed by atoms with van der Waals surface area (Å²) in [5, 5.41) is 7.91. The smallest absolute Gasteiger partial charge is 0.0671 e. The van der Waals surface area contributed by atoms with Crippen LogP contribution in [0.1, 0.15) is 23.7 Å². The molecule has 0 unspecified atom stereocenters. The van der Waals surface area contributed by atoms with E-state index in [1.54, 1.807) is 0 Å². The molecule has 4 heteroatoms. The summed E-state index contributed by atoms with van der Waals surface area (Å²) in [6.45, 7) is 5.10. The van der Waals surface area contributed by atoms with E-state index >= 15 is 0 Å². The Balaban J connectivity index is 2.08. The fraction of sp³-hybridized carbons (Fsp3) is 0.357. The highest BCUT2D eigenvalue weighted by atomic mass is 127. The number of halogens is 1. The maximum absolute atomic E-state index is 4.45. The van der Waals surface area contributed by atoms with Crippen LogP contribution >= 0.6 is 22.6 Å². The topological polar surface area (TPSA) is 29.9 Å². The third-order valence-electron chi connectivity index (χ3n) is 2.98. The maximum atomic E-state index is 4.45. The van der Waals surface area contributed by atoms with Crippen LogP contribution in [0.2, 0.25) is 0 Å². The van der Waals surface area contributed by atoms with E-state index in [0.717, 1.165) is 18.7 Å². The van der Waals surface area contributed by atoms with Crippen molar-refractivity contribution >= 4 is 28.3 Å². The highest BCUT2D eigenvalue weighted by Gasteiger charge is 2.05. The Labute approximate surface area is 122 Å². The number of nitrogens with zero attached hydrogens (tertiary/aromatic N) is 2. The highest BCUT2D eigenvalue weighted by molar-refractivity contribution is 14.1. The number of nitrogens with one attached hydrogen (secondary N) is 1. The molecule has 2 rings (SSSR count). The van der Waals surface area contributed by atoms with Gasteiger partial charge in [-0.05, 0) is 53.6 Å². The maximum Gasteiger partial charge on any atom is 0.0671 e. The SMILES string of the molecule is CCc1nn(C)cc1CNc1ccc(C)c(I)c1. The van der Waals surface area contributed by atoms with Gasteiger partial charge in [0.15, 0.2) is 0 Å². The van der Waals surface area contributed by atoms with E-state index in [4.69, 9.17) is 0 Å². The van der Waals surface area contributed by atoms with Crippen LogP contribution in [-0.2, 0) is 20.0 Å². The predicted octanol–water partition coefficient (Wildman–Crippen LogP) is 3.51. The van der Waals surface area contributed by atoms with Crippen LogP contribution < -0.4 is 5.32 Å². The second kappa shape index (κ2) is 5.73. The van der Waals surface area contributed by atoms with Crippen LogP contribution in [0, 0.1) is 10.5 Å². The average Bonchev–Trinajstić information content (AvgIpc) is 2.71. The number of rotatable bonds is 4. The van der Waals surface area contributed by atoms with E-state index in [1.165, 1.54) is 20.4 Å². The minimum absolute atomic E-state index is 0.830. The minimum Gasteiger partial charge on any atom is -0.381 e. The monoisotopic (exact) mass is 355 g/mol. The molecule has 1 aromatic carbocycles. The fourth-order valence-electron chi connectivity index (χ4n) is 1.93. The Kier molecular flexibility index (Phi) is 4.27. The van der Waals surface area contributed by atoms with Gasteiger partial charge >= 0.3 is 0 Å². The molecular weight excluding hydrogens is 337 g/mol. The van der Waals surface area contributed by atoms with Crippen molar-refractivity contribution in [3.63, 3.8) is 0 Å². The van der Waals surface area contributed by atoms with E-state index in [2.05, 4.69) is 71.2 Å². The number of hydrogen-bond donors (Lipinski definition) is 1. The second-order valence-corrected chi connectivity index (χ2v) is 5.61. The zero-order valence-electron chi connectivity index (χ0n) is 11.0. The molecule has 0 aliphatic rings. The third-order valence-corrected chi connectivity index (χ3v) is 4.14. The Hall–Kier alpha value is -1.04. The average molecular weight is 355 g/mol. The Morgan fingerprint density at radius 1 is 1.39 bits per heavy atom. The lowest BCUT2D eigenvalue weighted by molar-refractivity contribution is 0.746. The second-order valence-electron chi connectivity index (χ2n) is 4.45. The summed E-state index contributed by atoms with van der Waals surface area (Å²) in [6.07, 6.45) is 3.06. The molecule has 0 radical (unpaired) electrons. The van der Waals surface area contributed by atoms with Crippen LogP contribution in [0.5, 0.6) is 0 Å². The van der Waals surface area contributed by atoms with Crippen molar-refractivity contribution in [3.8, 4) is 0 Å². The van der Waals surface area contributed by atoms with Gasteiger partial charge in [0.25, 0.3) is 0 Å². The Morgan fingerprint density at radius 2 is 2.17 bits per heavy atom. The van der Waals surface area contributed by atoms with Crippen molar-refractivity contribution < 1.29 is 0 Å². The largest absolute Gasteiger partial charge is 0.381 e. The number of benzene rings is 1. The molecule has 0 saturated carbocycles. The molecule has 0 amide bonds. The zero-order valence-corrected chi connectivity index (χ0v) is 13.2. The van der Waals surface area contributed by atoms with Crippen molar-refractivity contribution in [3.05, 3.63) is 44.8 Å². The Bertz CT molecular complexity index is 546. The molecule has 1 heterocycles. The standard InChI is InChI=1S/C14H18IN3/c1-4-14-11(9-18(3)17-14)8-16-12-6-5-10(2)13(15)7-12/h5-7,9,16H,4,8H2,1-3H3. The molecule has 0 atom stereocenters. The van der Waals surface area contributed by atoms with Gasteiger partial charge in [0.1, 0.15) is 0 Å². The van der Waals surface area contributed by atoms with Crippen molar-refractivity contribution in [1.29, 1.82) is 0 Å². The lowest BCUT2D eigenvalue weighted by Gasteiger charge is -2.07. The van der Waals surface area contributed by atoms with Crippen molar-refractivity contribution in [2.75, 3.05) is 5.32 Å². The first-order chi connectivity index (χ1) is 8.60. The number of aryl methyl sites for hydroxylation is 3. The predicted molar refractivity (Wildman–Crippen MR) is 83.8 cm³/mol. The van der Waals surface area contributed by atoms with Gasteiger partial charge in [0.05, 0.1) is 5.69 Å². The normalized spacial score (nSPS) is 10.7.